The molecule has 0 amide bonds. The molecule has 2 heterocycles. The Labute approximate surface area is 166 Å². The van der Waals surface area contributed by atoms with Crippen LogP contribution in [0, 0.1) is 5.41 Å². The van der Waals surface area contributed by atoms with Gasteiger partial charge in [0.15, 0.2) is 5.78 Å². The molecule has 1 unspecified atom stereocenters. The molecule has 1 atom stereocenters. The van der Waals surface area contributed by atoms with Gasteiger partial charge in [0.05, 0.1) is 17.1 Å². The molecule has 136 valence electrons. The first-order valence-electron chi connectivity index (χ1n) is 9.19. The summed E-state index contributed by atoms with van der Waals surface area (Å²) in [6.07, 6.45) is 1.42. The number of aromatic nitrogens is 2. The number of imidazole rings is 1. The average Bonchev–Trinajstić information content (AvgIpc) is 2.97. The topological polar surface area (TPSA) is 46.9 Å². The summed E-state index contributed by atoms with van der Waals surface area (Å²) in [6, 6.07) is 16.2. The smallest absolute Gasteiger partial charge is 0.209 e. The van der Waals surface area contributed by atoms with Crippen molar-refractivity contribution in [2.24, 2.45) is 5.41 Å². The summed E-state index contributed by atoms with van der Waals surface area (Å²) in [7, 11) is 0. The van der Waals surface area contributed by atoms with Gasteiger partial charge in [-0.05, 0) is 41.7 Å². The molecule has 1 aromatic heterocycles. The Morgan fingerprint density at radius 1 is 1.11 bits per heavy atom. The van der Waals surface area contributed by atoms with Crippen molar-refractivity contribution in [2.45, 2.75) is 32.7 Å². The molecular weight excluding hydrogens is 402 g/mol. The number of carbonyl (C=O) groups is 1. The molecule has 1 N–H and O–H groups in total. The SMILES string of the molecule is CC1(C)CC(=O)C2=C(C1)Nc1nc3ccccc3n1C2c1ccc(Br)cc1. The fraction of sp³-hybridized carbons (Fsp3) is 0.273. The third-order valence-electron chi connectivity index (χ3n) is 5.50. The lowest BCUT2D eigenvalue weighted by Crippen LogP contribution is -2.36. The highest BCUT2D eigenvalue weighted by atomic mass is 79.9. The largest absolute Gasteiger partial charge is 0.329 e. The maximum Gasteiger partial charge on any atom is 0.209 e. The number of allylic oxidation sites excluding steroid dienone is 2. The van der Waals surface area contributed by atoms with Crippen molar-refractivity contribution in [3.8, 4) is 0 Å². The molecule has 1 aliphatic heterocycles. The molecule has 2 aromatic carbocycles. The number of halogens is 1. The second kappa shape index (κ2) is 5.80. The molecule has 5 heteroatoms. The van der Waals surface area contributed by atoms with Gasteiger partial charge in [-0.1, -0.05) is 54.0 Å². The summed E-state index contributed by atoms with van der Waals surface area (Å²) in [5.41, 5.74) is 4.94. The Kier molecular flexibility index (Phi) is 3.60. The number of anilines is 1. The van der Waals surface area contributed by atoms with Crippen LogP contribution in [-0.2, 0) is 4.79 Å². The third-order valence-corrected chi connectivity index (χ3v) is 6.02. The van der Waals surface area contributed by atoms with Gasteiger partial charge < -0.3 is 5.32 Å². The van der Waals surface area contributed by atoms with Crippen LogP contribution in [0.25, 0.3) is 11.0 Å². The predicted molar refractivity (Wildman–Crippen MR) is 111 cm³/mol. The molecule has 3 aromatic rings. The van der Waals surface area contributed by atoms with Crippen molar-refractivity contribution in [1.82, 2.24) is 9.55 Å². The zero-order valence-corrected chi connectivity index (χ0v) is 16.9. The first kappa shape index (κ1) is 16.8. The summed E-state index contributed by atoms with van der Waals surface area (Å²) in [5, 5.41) is 3.49. The highest BCUT2D eigenvalue weighted by Gasteiger charge is 2.41. The zero-order valence-electron chi connectivity index (χ0n) is 15.3. The van der Waals surface area contributed by atoms with Crippen LogP contribution in [0.5, 0.6) is 0 Å². The molecule has 0 bridgehead atoms. The number of rotatable bonds is 1. The molecule has 0 saturated heterocycles. The number of fused-ring (bicyclic) bond motifs is 3. The van der Waals surface area contributed by atoms with Crippen molar-refractivity contribution in [2.75, 3.05) is 5.32 Å². The van der Waals surface area contributed by atoms with Gasteiger partial charge in [-0.3, -0.25) is 9.36 Å². The summed E-state index contributed by atoms with van der Waals surface area (Å²) in [6.45, 7) is 4.31. The van der Waals surface area contributed by atoms with E-state index in [9.17, 15) is 4.79 Å². The van der Waals surface area contributed by atoms with E-state index in [0.29, 0.717) is 6.42 Å². The van der Waals surface area contributed by atoms with Gasteiger partial charge >= 0.3 is 0 Å². The van der Waals surface area contributed by atoms with Gasteiger partial charge in [0.2, 0.25) is 5.95 Å². The normalized spacial score (nSPS) is 21.0. The van der Waals surface area contributed by atoms with Crippen LogP contribution in [0.3, 0.4) is 0 Å². The van der Waals surface area contributed by atoms with Crippen molar-refractivity contribution < 1.29 is 4.79 Å². The number of hydrogen-bond acceptors (Lipinski definition) is 3. The number of nitrogens with zero attached hydrogens (tertiary/aromatic N) is 2. The van der Waals surface area contributed by atoms with Crippen molar-refractivity contribution in [1.29, 1.82) is 0 Å². The van der Waals surface area contributed by atoms with Gasteiger partial charge in [0.1, 0.15) is 0 Å². The number of ketones is 1. The van der Waals surface area contributed by atoms with Crippen molar-refractivity contribution in [3.05, 3.63) is 69.8 Å². The Balaban J connectivity index is 1.79. The second-order valence-electron chi connectivity index (χ2n) is 8.21. The van der Waals surface area contributed by atoms with Crippen LogP contribution in [0.1, 0.15) is 38.3 Å². The van der Waals surface area contributed by atoms with E-state index in [1.54, 1.807) is 0 Å². The van der Waals surface area contributed by atoms with E-state index in [1.165, 1.54) is 0 Å². The van der Waals surface area contributed by atoms with Crippen LogP contribution in [0.2, 0.25) is 0 Å². The fourth-order valence-electron chi connectivity index (χ4n) is 4.38. The van der Waals surface area contributed by atoms with E-state index < -0.39 is 0 Å². The van der Waals surface area contributed by atoms with Gasteiger partial charge in [-0.25, -0.2) is 4.98 Å². The van der Waals surface area contributed by atoms with Crippen molar-refractivity contribution >= 4 is 38.7 Å². The summed E-state index contributed by atoms with van der Waals surface area (Å²) < 4.78 is 3.20. The number of hydrogen-bond donors (Lipinski definition) is 1. The Bertz CT molecular complexity index is 1110. The monoisotopic (exact) mass is 421 g/mol. The molecule has 0 saturated carbocycles. The van der Waals surface area contributed by atoms with E-state index in [-0.39, 0.29) is 17.2 Å². The highest BCUT2D eigenvalue weighted by Crippen LogP contribution is 2.47. The lowest BCUT2D eigenvalue weighted by Gasteiger charge is -2.39. The molecule has 4 nitrogen and oxygen atoms in total. The molecule has 1 aliphatic carbocycles. The van der Waals surface area contributed by atoms with Gasteiger partial charge in [-0.15, -0.1) is 0 Å². The predicted octanol–water partition coefficient (Wildman–Crippen LogP) is 5.46. The molecule has 2 aliphatic rings. The first-order chi connectivity index (χ1) is 12.9. The molecule has 27 heavy (non-hydrogen) atoms. The van der Waals surface area contributed by atoms with E-state index in [2.05, 4.69) is 57.9 Å². The van der Waals surface area contributed by atoms with Crippen LogP contribution < -0.4 is 5.32 Å². The molecular formula is C22H20BrN3O. The Hall–Kier alpha value is -2.40. The van der Waals surface area contributed by atoms with E-state index >= 15 is 0 Å². The van der Waals surface area contributed by atoms with Gasteiger partial charge in [0, 0.05) is 22.2 Å². The number of para-hydroxylation sites is 2. The van der Waals surface area contributed by atoms with Crippen LogP contribution >= 0.6 is 15.9 Å². The summed E-state index contributed by atoms with van der Waals surface area (Å²) in [4.78, 5) is 18.0. The van der Waals surface area contributed by atoms with Crippen molar-refractivity contribution in [3.63, 3.8) is 0 Å². The Morgan fingerprint density at radius 2 is 1.85 bits per heavy atom. The lowest BCUT2D eigenvalue weighted by atomic mass is 9.73. The quantitative estimate of drug-likeness (QED) is 0.567. The highest BCUT2D eigenvalue weighted by molar-refractivity contribution is 9.10. The Morgan fingerprint density at radius 3 is 2.63 bits per heavy atom. The average molecular weight is 422 g/mol. The lowest BCUT2D eigenvalue weighted by molar-refractivity contribution is -0.118. The van der Waals surface area contributed by atoms with Gasteiger partial charge in [-0.2, -0.15) is 0 Å². The summed E-state index contributed by atoms with van der Waals surface area (Å²) in [5.74, 6) is 1.04. The fourth-order valence-corrected chi connectivity index (χ4v) is 4.65. The first-order valence-corrected chi connectivity index (χ1v) is 9.98. The summed E-state index contributed by atoms with van der Waals surface area (Å²) >= 11 is 3.52. The van der Waals surface area contributed by atoms with Crippen LogP contribution in [0.15, 0.2) is 64.3 Å². The molecule has 0 radical (unpaired) electrons. The minimum absolute atomic E-state index is 0.0403. The minimum atomic E-state index is -0.152. The minimum Gasteiger partial charge on any atom is -0.329 e. The van der Waals surface area contributed by atoms with E-state index in [1.807, 2.05) is 30.3 Å². The standard InChI is InChI=1S/C22H20BrN3O/c1-22(2)11-16-19(18(27)12-22)20(13-7-9-14(23)10-8-13)26-17-6-4-3-5-15(17)24-21(26)25-16/h3-10,20H,11-12H2,1-2H3,(H,24,25). The van der Waals surface area contributed by atoms with E-state index in [0.717, 1.165) is 44.7 Å². The number of benzene rings is 2. The second-order valence-corrected chi connectivity index (χ2v) is 9.12. The number of nitrogens with one attached hydrogen (secondary N) is 1. The maximum absolute atomic E-state index is 13.2. The number of Topliss-reactive ketones (excluding diaryl/α,β-unsaturated/α-hetero) is 1. The molecule has 0 fully saturated rings. The van der Waals surface area contributed by atoms with E-state index in [4.69, 9.17) is 4.98 Å². The molecule has 0 spiro atoms. The zero-order chi connectivity index (χ0) is 18.8. The number of carbonyl (C=O) groups excluding carboxylic acids is 1. The van der Waals surface area contributed by atoms with Crippen LogP contribution in [0.4, 0.5) is 5.95 Å². The third kappa shape index (κ3) is 2.64. The molecule has 5 rings (SSSR count). The maximum atomic E-state index is 13.2. The van der Waals surface area contributed by atoms with Gasteiger partial charge in [0.25, 0.3) is 0 Å². The van der Waals surface area contributed by atoms with Crippen LogP contribution in [-0.4, -0.2) is 15.3 Å².